The van der Waals surface area contributed by atoms with Gasteiger partial charge in [-0.25, -0.2) is 4.98 Å². The fourth-order valence-corrected chi connectivity index (χ4v) is 5.68. The van der Waals surface area contributed by atoms with Crippen LogP contribution in [0.25, 0.3) is 0 Å². The molecule has 2 aromatic rings. The molecule has 1 saturated carbocycles. The van der Waals surface area contributed by atoms with Crippen LogP contribution >= 0.6 is 11.3 Å². The molecule has 2 aromatic heterocycles. The summed E-state index contributed by atoms with van der Waals surface area (Å²) in [6.07, 6.45) is 0.621. The molecule has 35 heavy (non-hydrogen) atoms. The molecule has 0 radical (unpaired) electrons. The molecule has 3 heterocycles. The van der Waals surface area contributed by atoms with E-state index in [-0.39, 0.29) is 23.6 Å². The second-order valence-corrected chi connectivity index (χ2v) is 10.5. The molecule has 194 valence electrons. The summed E-state index contributed by atoms with van der Waals surface area (Å²) in [6.45, 7) is 5.44. The molecule has 1 atom stereocenters. The van der Waals surface area contributed by atoms with Crippen LogP contribution in [0.2, 0.25) is 0 Å². The van der Waals surface area contributed by atoms with Gasteiger partial charge < -0.3 is 19.4 Å². The van der Waals surface area contributed by atoms with Crippen LogP contribution in [0.3, 0.4) is 0 Å². The fourth-order valence-electron chi connectivity index (χ4n) is 4.66. The average molecular weight is 516 g/mol. The molecule has 4 rings (SSSR count). The minimum Gasteiger partial charge on any atom is -0.457 e. The van der Waals surface area contributed by atoms with Crippen molar-refractivity contribution in [2.24, 2.45) is 5.92 Å². The Morgan fingerprint density at radius 2 is 1.97 bits per heavy atom. The molecular weight excluding hydrogens is 483 g/mol. The highest BCUT2D eigenvalue weighted by Gasteiger charge is 2.39. The predicted octanol–water partition coefficient (Wildman–Crippen LogP) is 3.87. The molecule has 1 N–H and O–H groups in total. The third kappa shape index (κ3) is 7.39. The van der Waals surface area contributed by atoms with Gasteiger partial charge in [0.25, 0.3) is 5.19 Å². The summed E-state index contributed by atoms with van der Waals surface area (Å²) in [5.41, 5.74) is 0.869. The third-order valence-electron chi connectivity index (χ3n) is 6.76. The van der Waals surface area contributed by atoms with Crippen molar-refractivity contribution in [3.8, 4) is 5.19 Å². The third-order valence-corrected chi connectivity index (χ3v) is 7.81. The molecular formula is C23H32F3N5O3S. The van der Waals surface area contributed by atoms with Gasteiger partial charge in [0, 0.05) is 37.4 Å². The van der Waals surface area contributed by atoms with E-state index in [1.165, 1.54) is 11.3 Å². The smallest absolute Gasteiger partial charge is 0.425 e. The summed E-state index contributed by atoms with van der Waals surface area (Å²) >= 11 is 1.24. The first-order chi connectivity index (χ1) is 16.7. The van der Waals surface area contributed by atoms with Gasteiger partial charge in [-0.3, -0.25) is 4.79 Å². The molecule has 2 aliphatic rings. The zero-order chi connectivity index (χ0) is 25.0. The van der Waals surface area contributed by atoms with Crippen LogP contribution in [-0.2, 0) is 24.1 Å². The second-order valence-electron chi connectivity index (χ2n) is 9.46. The summed E-state index contributed by atoms with van der Waals surface area (Å²) in [7, 11) is 0. The monoisotopic (exact) mass is 515 g/mol. The number of nitrogens with zero attached hydrogens (tertiary/aromatic N) is 4. The number of thiazole rings is 1. The van der Waals surface area contributed by atoms with Crippen LogP contribution in [-0.4, -0.2) is 63.9 Å². The quantitative estimate of drug-likeness (QED) is 0.570. The predicted molar refractivity (Wildman–Crippen MR) is 123 cm³/mol. The number of alkyl halides is 3. The van der Waals surface area contributed by atoms with Gasteiger partial charge in [-0.15, -0.1) is 10.2 Å². The molecule has 12 heteroatoms. The van der Waals surface area contributed by atoms with Crippen molar-refractivity contribution < 1.29 is 27.1 Å². The Hall–Kier alpha value is -2.21. The first-order valence-corrected chi connectivity index (χ1v) is 13.0. The van der Waals surface area contributed by atoms with Gasteiger partial charge in [0.1, 0.15) is 6.42 Å². The Bertz CT molecular complexity index is 962. The maximum Gasteiger partial charge on any atom is 0.425 e. The highest BCUT2D eigenvalue weighted by atomic mass is 32.1. The number of hydrogen-bond donors (Lipinski definition) is 1. The first kappa shape index (κ1) is 25.9. The van der Waals surface area contributed by atoms with E-state index in [2.05, 4.69) is 25.4 Å². The Morgan fingerprint density at radius 3 is 2.66 bits per heavy atom. The Morgan fingerprint density at radius 1 is 1.23 bits per heavy atom. The second kappa shape index (κ2) is 11.2. The topological polar surface area (TPSA) is 93.4 Å². The number of hydrogen-bond acceptors (Lipinski definition) is 8. The number of fused-ring (bicyclic) bond motifs is 1. The summed E-state index contributed by atoms with van der Waals surface area (Å²) < 4.78 is 48.5. The minimum absolute atomic E-state index is 0.0795. The molecule has 1 aliphatic carbocycles. The van der Waals surface area contributed by atoms with E-state index < -0.39 is 12.3 Å². The normalized spacial score (nSPS) is 22.3. The van der Waals surface area contributed by atoms with E-state index in [4.69, 9.17) is 9.15 Å². The van der Waals surface area contributed by atoms with Crippen molar-refractivity contribution in [3.05, 3.63) is 22.4 Å². The zero-order valence-corrected chi connectivity index (χ0v) is 20.9. The van der Waals surface area contributed by atoms with Crippen molar-refractivity contribution in [1.82, 2.24) is 25.4 Å². The Kier molecular flexibility index (Phi) is 8.31. The average Bonchev–Trinajstić information content (AvgIpc) is 3.33. The number of nitrogens with one attached hydrogen (secondary N) is 1. The molecule has 1 fully saturated rings. The molecule has 8 nitrogen and oxygen atoms in total. The lowest BCUT2D eigenvalue weighted by Gasteiger charge is -2.30. The Labute approximate surface area is 206 Å². The largest absolute Gasteiger partial charge is 0.457 e. The zero-order valence-electron chi connectivity index (χ0n) is 20.1. The van der Waals surface area contributed by atoms with Crippen LogP contribution in [0.1, 0.15) is 61.4 Å². The Balaban J connectivity index is 1.14. The number of aryl methyl sites for hydroxylation is 1. The molecule has 0 unspecified atom stereocenters. The van der Waals surface area contributed by atoms with Crippen molar-refractivity contribution in [2.75, 3.05) is 19.6 Å². The maximum atomic E-state index is 12.8. The lowest BCUT2D eigenvalue weighted by molar-refractivity contribution is -0.189. The van der Waals surface area contributed by atoms with E-state index in [1.807, 2.05) is 0 Å². The minimum atomic E-state index is -4.39. The summed E-state index contributed by atoms with van der Waals surface area (Å²) in [5.74, 6) is 1.36. The highest BCUT2D eigenvalue weighted by molar-refractivity contribution is 7.13. The molecule has 1 aliphatic heterocycles. The van der Waals surface area contributed by atoms with Crippen LogP contribution in [0.4, 0.5) is 13.2 Å². The lowest BCUT2D eigenvalue weighted by atomic mass is 9.84. The van der Waals surface area contributed by atoms with E-state index >= 15 is 0 Å². The van der Waals surface area contributed by atoms with Crippen LogP contribution in [0, 0.1) is 12.8 Å². The van der Waals surface area contributed by atoms with Crippen LogP contribution < -0.4 is 10.1 Å². The first-order valence-electron chi connectivity index (χ1n) is 12.2. The molecule has 0 bridgehead atoms. The molecule has 0 aromatic carbocycles. The van der Waals surface area contributed by atoms with Gasteiger partial charge in [-0.1, -0.05) is 11.3 Å². The van der Waals surface area contributed by atoms with Crippen molar-refractivity contribution in [1.29, 1.82) is 0 Å². The lowest BCUT2D eigenvalue weighted by Crippen LogP contribution is -2.39. The number of carbonyl (C=O) groups excluding carboxylic acids is 1. The van der Waals surface area contributed by atoms with E-state index in [9.17, 15) is 18.0 Å². The fraction of sp³-hybridized carbons (Fsp3) is 0.739. The van der Waals surface area contributed by atoms with E-state index in [0.29, 0.717) is 17.7 Å². The van der Waals surface area contributed by atoms with Gasteiger partial charge in [0.2, 0.25) is 17.7 Å². The van der Waals surface area contributed by atoms with Crippen molar-refractivity contribution in [3.63, 3.8) is 0 Å². The van der Waals surface area contributed by atoms with Gasteiger partial charge in [-0.2, -0.15) is 13.2 Å². The summed E-state index contributed by atoms with van der Waals surface area (Å²) in [6, 6.07) is 0.194. The SMILES string of the molecule is Cc1nnc(CC(=O)N[C@H]2CC[C@H](CCN3CCc4nc(O[C@@H](C)C(F)(F)F)sc4CC3)CC2)o1. The van der Waals surface area contributed by atoms with Gasteiger partial charge in [0.15, 0.2) is 6.10 Å². The van der Waals surface area contributed by atoms with Crippen molar-refractivity contribution >= 4 is 17.2 Å². The highest BCUT2D eigenvalue weighted by Crippen LogP contribution is 2.32. The van der Waals surface area contributed by atoms with Gasteiger partial charge >= 0.3 is 6.18 Å². The van der Waals surface area contributed by atoms with Crippen molar-refractivity contribution in [2.45, 2.75) is 83.5 Å². The number of aromatic nitrogens is 3. The molecule has 1 amide bonds. The molecule has 0 spiro atoms. The number of ether oxygens (including phenoxy) is 1. The number of amides is 1. The van der Waals surface area contributed by atoms with Crippen LogP contribution in [0.15, 0.2) is 4.42 Å². The maximum absolute atomic E-state index is 12.8. The van der Waals surface area contributed by atoms with E-state index in [1.54, 1.807) is 6.92 Å². The number of halogens is 3. The number of carbonyl (C=O) groups is 1. The van der Waals surface area contributed by atoms with Gasteiger partial charge in [0.05, 0.1) is 5.69 Å². The van der Waals surface area contributed by atoms with Crippen LogP contribution in [0.5, 0.6) is 5.19 Å². The van der Waals surface area contributed by atoms with E-state index in [0.717, 1.165) is 82.1 Å². The van der Waals surface area contributed by atoms with Gasteiger partial charge in [-0.05, 0) is 57.9 Å². The summed E-state index contributed by atoms with van der Waals surface area (Å²) in [4.78, 5) is 20.0. The molecule has 0 saturated heterocycles. The standard InChI is InChI=1S/C23H32F3N5O3S/c1-14(23(24,25)26)33-22-28-18-8-11-31(12-9-19(18)35-22)10-7-16-3-5-17(6-4-16)27-20(32)13-21-30-29-15(2)34-21/h14,16-17H,3-13H2,1-2H3,(H,27,32)/t14-,16-,17-/m0/s1. The number of rotatable bonds is 8. The summed E-state index contributed by atoms with van der Waals surface area (Å²) in [5, 5.41) is 10.8.